The zero-order chi connectivity index (χ0) is 65.9. The van der Waals surface area contributed by atoms with Crippen LogP contribution in [0, 0.1) is 29.6 Å². The summed E-state index contributed by atoms with van der Waals surface area (Å²) in [6, 6.07) is -11.1. The van der Waals surface area contributed by atoms with E-state index in [4.69, 9.17) is 34.4 Å². The molecule has 27 nitrogen and oxygen atoms in total. The predicted molar refractivity (Wildman–Crippen MR) is 338 cm³/mol. The number of primary amides is 1. The summed E-state index contributed by atoms with van der Waals surface area (Å²) in [5.41, 5.74) is 34.3. The first-order chi connectivity index (χ1) is 41.7. The Morgan fingerprint density at radius 1 is 0.443 bits per heavy atom. The first-order valence-corrected chi connectivity index (χ1v) is 32.6. The molecule has 0 spiro atoms. The molecular formula is C61H114N16O11. The second-order valence-corrected chi connectivity index (χ2v) is 25.4. The average molecular weight is 1250 g/mol. The Hall–Kier alpha value is -6.19. The van der Waals surface area contributed by atoms with Crippen molar-refractivity contribution in [3.8, 4) is 0 Å². The molecule has 2 fully saturated rings. The zero-order valence-electron chi connectivity index (χ0n) is 53.9. The Morgan fingerprint density at radius 3 is 1.19 bits per heavy atom. The summed E-state index contributed by atoms with van der Waals surface area (Å²) < 4.78 is 0. The lowest BCUT2D eigenvalue weighted by Crippen LogP contribution is -2.62. The molecule has 0 saturated heterocycles. The number of hydrogen-bond acceptors (Lipinski definition) is 15. The third kappa shape index (κ3) is 30.8. The fourth-order valence-electron chi connectivity index (χ4n) is 11.3. The number of amides is 10. The average Bonchev–Trinajstić information content (AvgIpc) is 3.44. The zero-order valence-corrected chi connectivity index (χ0v) is 53.9. The highest BCUT2D eigenvalue weighted by Crippen LogP contribution is 2.29. The van der Waals surface area contributed by atoms with Gasteiger partial charge in [-0.3, -0.25) is 52.9 Å². The summed E-state index contributed by atoms with van der Waals surface area (Å²) >= 11 is 0. The van der Waals surface area contributed by atoms with Gasteiger partial charge < -0.3 is 87.4 Å². The van der Waals surface area contributed by atoms with Gasteiger partial charge in [-0.15, -0.1) is 0 Å². The quantitative estimate of drug-likeness (QED) is 0.0216. The molecule has 2 aliphatic carbocycles. The van der Waals surface area contributed by atoms with Crippen LogP contribution in [0.4, 0.5) is 0 Å². The van der Waals surface area contributed by atoms with Crippen LogP contribution >= 0.6 is 0 Å². The van der Waals surface area contributed by atoms with Crippen LogP contribution in [-0.2, 0) is 47.9 Å². The van der Waals surface area contributed by atoms with Gasteiger partial charge in [-0.25, -0.2) is 0 Å². The summed E-state index contributed by atoms with van der Waals surface area (Å²) in [7, 11) is 0. The fraction of sp³-hybridized carbons (Fsp3) is 0.820. The molecule has 10 amide bonds. The maximum absolute atomic E-state index is 14.7. The number of nitrogens with zero attached hydrogens (tertiary/aromatic N) is 1. The van der Waals surface area contributed by atoms with Crippen molar-refractivity contribution in [3.05, 3.63) is 0 Å². The van der Waals surface area contributed by atoms with Gasteiger partial charge in [0, 0.05) is 6.54 Å². The van der Waals surface area contributed by atoms with Crippen LogP contribution in [0.3, 0.4) is 0 Å². The number of hydrogen-bond donors (Lipinski definition) is 16. The van der Waals surface area contributed by atoms with Crippen molar-refractivity contribution in [3.63, 3.8) is 0 Å². The Labute approximate surface area is 522 Å². The second kappa shape index (κ2) is 42.7. The molecule has 0 aromatic carbocycles. The number of carbonyl (C=O) groups is 10. The van der Waals surface area contributed by atoms with Crippen LogP contribution < -0.4 is 82.3 Å². The molecule has 2 rings (SSSR count). The molecule has 0 aliphatic heterocycles. The third-order valence-electron chi connectivity index (χ3n) is 16.5. The maximum atomic E-state index is 14.7. The van der Waals surface area contributed by atoms with E-state index in [2.05, 4.69) is 52.8 Å². The number of aliphatic hydroxyl groups is 1. The van der Waals surface area contributed by atoms with E-state index < -0.39 is 120 Å². The van der Waals surface area contributed by atoms with E-state index in [1.54, 1.807) is 0 Å². The molecule has 0 unspecified atom stereocenters. The molecule has 0 aromatic rings. The number of nitrogens with one attached hydrogen (secondary N) is 9. The maximum Gasteiger partial charge on any atom is 0.245 e. The number of aliphatic hydroxyl groups excluding tert-OH is 1. The highest BCUT2D eigenvalue weighted by atomic mass is 16.3. The van der Waals surface area contributed by atoms with E-state index in [1.807, 2.05) is 41.5 Å². The topological polar surface area (TPSA) is 468 Å². The van der Waals surface area contributed by atoms with Crippen LogP contribution in [0.25, 0.3) is 0 Å². The number of nitrogens with two attached hydrogens (primary N) is 6. The summed E-state index contributed by atoms with van der Waals surface area (Å²) in [6.45, 7) is 12.7. The lowest BCUT2D eigenvalue weighted by molar-refractivity contribution is -0.137. The highest BCUT2D eigenvalue weighted by molar-refractivity contribution is 5.98. The van der Waals surface area contributed by atoms with E-state index in [9.17, 15) is 53.1 Å². The SMILES string of the molecule is CC[C@H](C)C[C@H](NC(=O)[C@H](CCCN=C(N)N)NC(=O)[C@H](CCCCN)NC(=O)[C@H](CC(C)C)NC(=O)[C@H](CC1CCCCC1)NC(=O)CN)C(=O)N[C@@H](CCCCN)C(=O)N[C@H](C(=O)N[C@@H](CC(C)C)C(=O)N[C@@H](CC1CCCCC1)C(N)=O)[C@@H](C)O. The van der Waals surface area contributed by atoms with E-state index >= 15 is 0 Å². The minimum Gasteiger partial charge on any atom is -0.391 e. The van der Waals surface area contributed by atoms with Crippen LogP contribution in [-0.4, -0.2) is 157 Å². The third-order valence-corrected chi connectivity index (χ3v) is 16.5. The van der Waals surface area contributed by atoms with Crippen molar-refractivity contribution < 1.29 is 53.1 Å². The van der Waals surface area contributed by atoms with Gasteiger partial charge in [0.15, 0.2) is 5.96 Å². The molecule has 27 heteroatoms. The number of unbranched alkanes of at least 4 members (excludes halogenated alkanes) is 2. The van der Waals surface area contributed by atoms with Gasteiger partial charge in [-0.05, 0) is 133 Å². The molecule has 504 valence electrons. The Morgan fingerprint density at radius 2 is 0.807 bits per heavy atom. The Balaban J connectivity index is 2.49. The molecule has 0 radical (unpaired) electrons. The van der Waals surface area contributed by atoms with Gasteiger partial charge in [0.2, 0.25) is 59.1 Å². The predicted octanol–water partition coefficient (Wildman–Crippen LogP) is -0.0448. The van der Waals surface area contributed by atoms with E-state index in [0.717, 1.165) is 64.2 Å². The molecule has 11 atom stereocenters. The first kappa shape index (κ1) is 77.9. The van der Waals surface area contributed by atoms with E-state index in [1.165, 1.54) is 6.92 Å². The molecule has 2 saturated carbocycles. The monoisotopic (exact) mass is 1250 g/mol. The number of carbonyl (C=O) groups excluding carboxylic acids is 10. The number of aliphatic imine (C=N–C) groups is 1. The molecular weight excluding hydrogens is 1130 g/mol. The van der Waals surface area contributed by atoms with E-state index in [-0.39, 0.29) is 107 Å². The van der Waals surface area contributed by atoms with Crippen molar-refractivity contribution in [1.82, 2.24) is 47.9 Å². The number of rotatable bonds is 43. The largest absolute Gasteiger partial charge is 0.391 e. The molecule has 0 bridgehead atoms. The van der Waals surface area contributed by atoms with Crippen LogP contribution in [0.5, 0.6) is 0 Å². The molecule has 88 heavy (non-hydrogen) atoms. The normalized spacial score (nSPS) is 17.6. The summed E-state index contributed by atoms with van der Waals surface area (Å²) in [5, 5.41) is 35.7. The van der Waals surface area contributed by atoms with Gasteiger partial charge in [-0.2, -0.15) is 0 Å². The number of guanidine groups is 1. The van der Waals surface area contributed by atoms with Gasteiger partial charge in [0.25, 0.3) is 0 Å². The van der Waals surface area contributed by atoms with Crippen molar-refractivity contribution >= 4 is 65.0 Å². The van der Waals surface area contributed by atoms with Gasteiger partial charge in [0.1, 0.15) is 54.4 Å². The molecule has 2 aliphatic rings. The second-order valence-electron chi connectivity index (χ2n) is 25.4. The lowest BCUT2D eigenvalue weighted by atomic mass is 9.84. The van der Waals surface area contributed by atoms with Crippen molar-refractivity contribution in [2.75, 3.05) is 26.2 Å². The van der Waals surface area contributed by atoms with Crippen LogP contribution in [0.1, 0.15) is 203 Å². The minimum atomic E-state index is -1.63. The van der Waals surface area contributed by atoms with Gasteiger partial charge in [0.05, 0.1) is 12.6 Å². The van der Waals surface area contributed by atoms with Gasteiger partial charge >= 0.3 is 0 Å². The smallest absolute Gasteiger partial charge is 0.245 e. The van der Waals surface area contributed by atoms with E-state index in [0.29, 0.717) is 44.9 Å². The summed E-state index contributed by atoms with van der Waals surface area (Å²) in [5.74, 6) is -7.37. The standard InChI is InChI=1S/C61H114N16O11/c1-8-38(6)32-48(58(86)72-43(25-16-18-28-63)55(83)77-51(39(7)78)60(88)76-47(31-37(4)5)57(85)73-45(52(65)80)33-40-20-11-9-12-21-40)75-54(82)44(26-19-29-68-61(66)67)70-53(81)42(24-15-17-27-62)71-56(84)46(30-36(2)3)74-59(87)49(69-50(79)35-64)34-41-22-13-10-14-23-41/h36-49,51,78H,8-35,62-64H2,1-7H3,(H2,65,80)(H,69,79)(H,70,81)(H,71,84)(H,72,86)(H,73,85)(H,74,87)(H,75,82)(H,76,88)(H,77,83)(H4,66,67,68)/t38-,39+,42-,43-,44-,45-,46-,47-,48-,49-,51-/m0/s1. The Bertz CT molecular complexity index is 2210. The van der Waals surface area contributed by atoms with Crippen molar-refractivity contribution in [2.24, 2.45) is 69.0 Å². The lowest BCUT2D eigenvalue weighted by Gasteiger charge is -2.30. The summed E-state index contributed by atoms with van der Waals surface area (Å²) in [6.07, 6.45) is 11.9. The first-order valence-electron chi connectivity index (χ1n) is 32.6. The summed E-state index contributed by atoms with van der Waals surface area (Å²) in [4.78, 5) is 144. The Kier molecular flexibility index (Phi) is 37.8. The van der Waals surface area contributed by atoms with Crippen LogP contribution in [0.2, 0.25) is 0 Å². The molecule has 0 aromatic heterocycles. The fourth-order valence-corrected chi connectivity index (χ4v) is 11.3. The van der Waals surface area contributed by atoms with Crippen LogP contribution in [0.15, 0.2) is 4.99 Å². The van der Waals surface area contributed by atoms with Gasteiger partial charge in [-0.1, -0.05) is 112 Å². The minimum absolute atomic E-state index is 0.0230. The molecule has 22 N–H and O–H groups in total. The van der Waals surface area contributed by atoms with Crippen molar-refractivity contribution in [1.29, 1.82) is 0 Å². The van der Waals surface area contributed by atoms with Crippen molar-refractivity contribution in [2.45, 2.75) is 263 Å². The molecule has 0 heterocycles. The highest BCUT2D eigenvalue weighted by Gasteiger charge is 2.38.